The molecular weight excluding hydrogens is 302 g/mol. The summed E-state index contributed by atoms with van der Waals surface area (Å²) in [5.41, 5.74) is 2.55. The Morgan fingerprint density at radius 1 is 1.29 bits per heavy atom. The van der Waals surface area contributed by atoms with Gasteiger partial charge in [-0.05, 0) is 43.4 Å². The predicted molar refractivity (Wildman–Crippen MR) is 97.6 cm³/mol. The van der Waals surface area contributed by atoms with E-state index in [1.54, 1.807) is 14.2 Å². The van der Waals surface area contributed by atoms with Gasteiger partial charge in [-0.15, -0.1) is 0 Å². The predicted octanol–water partition coefficient (Wildman–Crippen LogP) is 3.43. The van der Waals surface area contributed by atoms with Crippen LogP contribution in [0.2, 0.25) is 0 Å². The van der Waals surface area contributed by atoms with Crippen LogP contribution in [-0.4, -0.2) is 50.5 Å². The molecule has 0 spiro atoms. The van der Waals surface area contributed by atoms with Gasteiger partial charge in [0.05, 0.1) is 13.7 Å². The average Bonchev–Trinajstić information content (AvgIpc) is 2.60. The van der Waals surface area contributed by atoms with E-state index in [0.717, 1.165) is 44.6 Å². The van der Waals surface area contributed by atoms with E-state index in [9.17, 15) is 5.11 Å². The van der Waals surface area contributed by atoms with Crippen LogP contribution in [0.25, 0.3) is 0 Å². The second kappa shape index (κ2) is 8.84. The molecule has 1 saturated heterocycles. The van der Waals surface area contributed by atoms with Gasteiger partial charge in [0.15, 0.2) is 0 Å². The number of nitrogens with zero attached hydrogens (tertiary/aromatic N) is 1. The van der Waals surface area contributed by atoms with Gasteiger partial charge < -0.3 is 14.6 Å². The Bertz CT molecular complexity index is 518. The van der Waals surface area contributed by atoms with E-state index in [-0.39, 0.29) is 12.0 Å². The standard InChI is InChI=1S/C20H33NO3/c1-16(2)17-6-7-19(24-4)18(12-17)13-21-10-5-8-20(14-21,15-22)9-11-23-3/h6-7,12,16,22H,5,8-11,13-15H2,1-4H3/t20-/m1/s1. The summed E-state index contributed by atoms with van der Waals surface area (Å²) in [6.45, 7) is 8.24. The smallest absolute Gasteiger partial charge is 0.123 e. The highest BCUT2D eigenvalue weighted by Crippen LogP contribution is 2.35. The fourth-order valence-electron chi connectivity index (χ4n) is 3.70. The molecule has 0 saturated carbocycles. The van der Waals surface area contributed by atoms with Crippen molar-refractivity contribution in [2.45, 2.75) is 45.6 Å². The maximum atomic E-state index is 9.96. The third-order valence-corrected chi connectivity index (χ3v) is 5.28. The van der Waals surface area contributed by atoms with Gasteiger partial charge in [-0.25, -0.2) is 0 Å². The zero-order valence-corrected chi connectivity index (χ0v) is 15.7. The van der Waals surface area contributed by atoms with Gasteiger partial charge >= 0.3 is 0 Å². The molecule has 4 nitrogen and oxygen atoms in total. The largest absolute Gasteiger partial charge is 0.496 e. The summed E-state index contributed by atoms with van der Waals surface area (Å²) >= 11 is 0. The fraction of sp³-hybridized carbons (Fsp3) is 0.700. The summed E-state index contributed by atoms with van der Waals surface area (Å²) in [7, 11) is 3.47. The Morgan fingerprint density at radius 2 is 2.08 bits per heavy atom. The van der Waals surface area contributed by atoms with E-state index in [0.29, 0.717) is 12.5 Å². The van der Waals surface area contributed by atoms with Gasteiger partial charge in [0.25, 0.3) is 0 Å². The summed E-state index contributed by atoms with van der Waals surface area (Å²) in [5.74, 6) is 1.46. The lowest BCUT2D eigenvalue weighted by atomic mass is 9.78. The lowest BCUT2D eigenvalue weighted by molar-refractivity contribution is 0.00456. The van der Waals surface area contributed by atoms with Crippen molar-refractivity contribution in [3.63, 3.8) is 0 Å². The lowest BCUT2D eigenvalue weighted by Gasteiger charge is -2.42. The van der Waals surface area contributed by atoms with E-state index in [4.69, 9.17) is 9.47 Å². The molecular formula is C20H33NO3. The third-order valence-electron chi connectivity index (χ3n) is 5.28. The second-order valence-electron chi connectivity index (χ2n) is 7.44. The summed E-state index contributed by atoms with van der Waals surface area (Å²) in [4.78, 5) is 2.46. The van der Waals surface area contributed by atoms with Crippen LogP contribution >= 0.6 is 0 Å². The van der Waals surface area contributed by atoms with E-state index in [1.807, 2.05) is 0 Å². The highest BCUT2D eigenvalue weighted by Gasteiger charge is 2.34. The molecule has 0 aliphatic carbocycles. The first-order valence-electron chi connectivity index (χ1n) is 9.02. The van der Waals surface area contributed by atoms with Crippen molar-refractivity contribution >= 4 is 0 Å². The van der Waals surface area contributed by atoms with Crippen LogP contribution in [0.3, 0.4) is 0 Å². The molecule has 24 heavy (non-hydrogen) atoms. The van der Waals surface area contributed by atoms with Crippen LogP contribution in [0.1, 0.15) is 50.2 Å². The quantitative estimate of drug-likeness (QED) is 0.790. The number of ether oxygens (including phenoxy) is 2. The van der Waals surface area contributed by atoms with Crippen LogP contribution in [0.15, 0.2) is 18.2 Å². The van der Waals surface area contributed by atoms with Crippen molar-refractivity contribution in [2.75, 3.05) is 40.5 Å². The number of benzene rings is 1. The van der Waals surface area contributed by atoms with Crippen molar-refractivity contribution in [1.29, 1.82) is 0 Å². The third kappa shape index (κ3) is 4.71. The number of methoxy groups -OCH3 is 2. The molecule has 0 radical (unpaired) electrons. The van der Waals surface area contributed by atoms with Crippen molar-refractivity contribution in [2.24, 2.45) is 5.41 Å². The van der Waals surface area contributed by atoms with Crippen molar-refractivity contribution in [3.8, 4) is 5.75 Å². The topological polar surface area (TPSA) is 41.9 Å². The van der Waals surface area contributed by atoms with E-state index >= 15 is 0 Å². The fourth-order valence-corrected chi connectivity index (χ4v) is 3.70. The SMILES string of the molecule is COCC[C@]1(CO)CCCN(Cc2cc(C(C)C)ccc2OC)C1. The van der Waals surface area contributed by atoms with Crippen molar-refractivity contribution in [3.05, 3.63) is 29.3 Å². The first-order chi connectivity index (χ1) is 11.5. The number of piperidine rings is 1. The van der Waals surface area contributed by atoms with Crippen LogP contribution in [0.5, 0.6) is 5.75 Å². The van der Waals surface area contributed by atoms with Crippen LogP contribution in [0, 0.1) is 5.41 Å². The molecule has 1 aliphatic rings. The van der Waals surface area contributed by atoms with Gasteiger partial charge in [-0.2, -0.15) is 0 Å². The molecule has 1 atom stereocenters. The highest BCUT2D eigenvalue weighted by molar-refractivity contribution is 5.38. The number of aliphatic hydroxyl groups excluding tert-OH is 1. The molecule has 1 aliphatic heterocycles. The van der Waals surface area contributed by atoms with Gasteiger partial charge in [0.2, 0.25) is 0 Å². The Labute approximate surface area is 146 Å². The minimum atomic E-state index is -0.0306. The van der Waals surface area contributed by atoms with Gasteiger partial charge in [-0.3, -0.25) is 4.90 Å². The molecule has 4 heteroatoms. The molecule has 0 amide bonds. The number of likely N-dealkylation sites (tertiary alicyclic amines) is 1. The van der Waals surface area contributed by atoms with E-state index in [1.165, 1.54) is 11.1 Å². The number of hydrogen-bond acceptors (Lipinski definition) is 4. The van der Waals surface area contributed by atoms with E-state index < -0.39 is 0 Å². The molecule has 1 aromatic carbocycles. The molecule has 1 aromatic rings. The van der Waals surface area contributed by atoms with Gasteiger partial charge in [-0.1, -0.05) is 26.0 Å². The van der Waals surface area contributed by atoms with Gasteiger partial charge in [0, 0.05) is 37.8 Å². The van der Waals surface area contributed by atoms with Crippen LogP contribution in [0.4, 0.5) is 0 Å². The Hall–Kier alpha value is -1.10. The zero-order valence-electron chi connectivity index (χ0n) is 15.7. The second-order valence-corrected chi connectivity index (χ2v) is 7.44. The maximum Gasteiger partial charge on any atom is 0.123 e. The molecule has 1 fully saturated rings. The Balaban J connectivity index is 2.13. The average molecular weight is 335 g/mol. The Morgan fingerprint density at radius 3 is 2.71 bits per heavy atom. The summed E-state index contributed by atoms with van der Waals surface area (Å²) in [5, 5.41) is 9.96. The van der Waals surface area contributed by atoms with E-state index in [2.05, 4.69) is 36.9 Å². The van der Waals surface area contributed by atoms with Crippen molar-refractivity contribution in [1.82, 2.24) is 4.90 Å². The number of rotatable bonds is 8. The molecule has 1 heterocycles. The molecule has 0 unspecified atom stereocenters. The first kappa shape index (κ1) is 19.2. The summed E-state index contributed by atoms with van der Waals surface area (Å²) in [6.07, 6.45) is 3.11. The Kier molecular flexibility index (Phi) is 7.08. The molecule has 136 valence electrons. The number of hydrogen-bond donors (Lipinski definition) is 1. The zero-order chi connectivity index (χ0) is 17.6. The first-order valence-corrected chi connectivity index (χ1v) is 9.02. The normalized spacial score (nSPS) is 22.1. The minimum Gasteiger partial charge on any atom is -0.496 e. The van der Waals surface area contributed by atoms with Crippen LogP contribution < -0.4 is 4.74 Å². The molecule has 0 aromatic heterocycles. The summed E-state index contributed by atoms with van der Waals surface area (Å²) < 4.78 is 10.8. The monoisotopic (exact) mass is 335 g/mol. The van der Waals surface area contributed by atoms with Crippen LogP contribution in [-0.2, 0) is 11.3 Å². The minimum absolute atomic E-state index is 0.0306. The summed E-state index contributed by atoms with van der Waals surface area (Å²) in [6, 6.07) is 6.51. The van der Waals surface area contributed by atoms with Crippen molar-refractivity contribution < 1.29 is 14.6 Å². The highest BCUT2D eigenvalue weighted by atomic mass is 16.5. The molecule has 0 bridgehead atoms. The number of aliphatic hydroxyl groups is 1. The van der Waals surface area contributed by atoms with Gasteiger partial charge in [0.1, 0.15) is 5.75 Å². The molecule has 1 N–H and O–H groups in total. The molecule has 2 rings (SSSR count). The lowest BCUT2D eigenvalue weighted by Crippen LogP contribution is -2.45. The maximum absolute atomic E-state index is 9.96.